The van der Waals surface area contributed by atoms with Crippen LogP contribution in [0.3, 0.4) is 0 Å². The molecule has 0 unspecified atom stereocenters. The van der Waals surface area contributed by atoms with Crippen LogP contribution < -0.4 is 10.6 Å². The van der Waals surface area contributed by atoms with Gasteiger partial charge in [-0.1, -0.05) is 11.6 Å². The monoisotopic (exact) mass is 253 g/mol. The van der Waals surface area contributed by atoms with Crippen molar-refractivity contribution in [2.75, 3.05) is 13.1 Å². The van der Waals surface area contributed by atoms with Crippen LogP contribution in [-0.4, -0.2) is 30.0 Å². The average molecular weight is 254 g/mol. The number of carbonyl (C=O) groups is 1. The van der Waals surface area contributed by atoms with Crippen LogP contribution in [0.5, 0.6) is 0 Å². The predicted molar refractivity (Wildman–Crippen MR) is 67.2 cm³/mol. The minimum absolute atomic E-state index is 0.135. The third-order valence-electron chi connectivity index (χ3n) is 2.67. The van der Waals surface area contributed by atoms with E-state index in [1.807, 2.05) is 0 Å². The van der Waals surface area contributed by atoms with E-state index in [-0.39, 0.29) is 5.91 Å². The van der Waals surface area contributed by atoms with E-state index < -0.39 is 0 Å². The van der Waals surface area contributed by atoms with Crippen molar-refractivity contribution < 1.29 is 4.79 Å². The van der Waals surface area contributed by atoms with Crippen LogP contribution in [0, 0.1) is 0 Å². The first-order valence-electron chi connectivity index (χ1n) is 5.88. The van der Waals surface area contributed by atoms with Gasteiger partial charge >= 0.3 is 0 Å². The predicted octanol–water partition coefficient (Wildman–Crippen LogP) is 1.61. The van der Waals surface area contributed by atoms with Crippen molar-refractivity contribution in [2.45, 2.75) is 25.3 Å². The van der Waals surface area contributed by atoms with Crippen LogP contribution in [0.15, 0.2) is 18.5 Å². The molecule has 0 aromatic carbocycles. The molecule has 1 aliphatic carbocycles. The molecule has 92 valence electrons. The fourth-order valence-electron chi connectivity index (χ4n) is 1.54. The van der Waals surface area contributed by atoms with Gasteiger partial charge in [0.05, 0.1) is 10.6 Å². The maximum absolute atomic E-state index is 11.7. The molecule has 1 heterocycles. The largest absolute Gasteiger partial charge is 0.352 e. The highest BCUT2D eigenvalue weighted by molar-refractivity contribution is 6.33. The van der Waals surface area contributed by atoms with Gasteiger partial charge in [-0.05, 0) is 31.9 Å². The zero-order valence-electron chi connectivity index (χ0n) is 9.58. The van der Waals surface area contributed by atoms with Gasteiger partial charge in [0.25, 0.3) is 5.91 Å². The van der Waals surface area contributed by atoms with E-state index in [9.17, 15) is 4.79 Å². The lowest BCUT2D eigenvalue weighted by Gasteiger charge is -2.06. The summed E-state index contributed by atoms with van der Waals surface area (Å²) in [4.78, 5) is 15.6. The lowest BCUT2D eigenvalue weighted by Crippen LogP contribution is -2.28. The summed E-state index contributed by atoms with van der Waals surface area (Å²) in [6.45, 7) is 1.62. The third-order valence-corrected chi connectivity index (χ3v) is 2.97. The summed E-state index contributed by atoms with van der Waals surface area (Å²) >= 11 is 5.87. The molecule has 1 aliphatic rings. The van der Waals surface area contributed by atoms with Gasteiger partial charge in [0.2, 0.25) is 0 Å². The summed E-state index contributed by atoms with van der Waals surface area (Å²) in [5.74, 6) is -0.135. The summed E-state index contributed by atoms with van der Waals surface area (Å²) in [7, 11) is 0. The highest BCUT2D eigenvalue weighted by Gasteiger charge is 2.19. The molecule has 1 amide bonds. The van der Waals surface area contributed by atoms with Crippen LogP contribution >= 0.6 is 11.6 Å². The van der Waals surface area contributed by atoms with Gasteiger partial charge in [0.15, 0.2) is 0 Å². The molecule has 1 aromatic rings. The fourth-order valence-corrected chi connectivity index (χ4v) is 1.74. The standard InChI is InChI=1S/C12H16ClN3O/c13-11-8-14-7-4-10(11)12(17)16-6-1-5-15-9-2-3-9/h4,7-9,15H,1-3,5-6H2,(H,16,17). The lowest BCUT2D eigenvalue weighted by atomic mass is 10.2. The smallest absolute Gasteiger partial charge is 0.252 e. The molecule has 4 nitrogen and oxygen atoms in total. The second-order valence-corrected chi connectivity index (χ2v) is 4.60. The number of rotatable bonds is 6. The van der Waals surface area contributed by atoms with E-state index in [2.05, 4.69) is 15.6 Å². The summed E-state index contributed by atoms with van der Waals surface area (Å²) in [5, 5.41) is 6.63. The topological polar surface area (TPSA) is 54.0 Å². The molecule has 2 rings (SSSR count). The Morgan fingerprint density at radius 1 is 1.47 bits per heavy atom. The number of nitrogens with zero attached hydrogens (tertiary/aromatic N) is 1. The first-order valence-corrected chi connectivity index (χ1v) is 6.26. The summed E-state index contributed by atoms with van der Waals surface area (Å²) in [5.41, 5.74) is 0.483. The average Bonchev–Trinajstić information content (AvgIpc) is 3.13. The van der Waals surface area contributed by atoms with Crippen molar-refractivity contribution in [3.63, 3.8) is 0 Å². The fraction of sp³-hybridized carbons (Fsp3) is 0.500. The number of nitrogens with one attached hydrogen (secondary N) is 2. The Morgan fingerprint density at radius 2 is 2.29 bits per heavy atom. The second kappa shape index (κ2) is 5.98. The van der Waals surface area contributed by atoms with E-state index in [1.165, 1.54) is 19.0 Å². The van der Waals surface area contributed by atoms with Gasteiger partial charge < -0.3 is 10.6 Å². The Morgan fingerprint density at radius 3 is 3.00 bits per heavy atom. The first-order chi connectivity index (χ1) is 8.27. The van der Waals surface area contributed by atoms with E-state index in [0.717, 1.165) is 19.0 Å². The molecular formula is C12H16ClN3O. The van der Waals surface area contributed by atoms with Crippen molar-refractivity contribution in [2.24, 2.45) is 0 Å². The zero-order chi connectivity index (χ0) is 12.1. The van der Waals surface area contributed by atoms with Crippen LogP contribution in [0.25, 0.3) is 0 Å². The van der Waals surface area contributed by atoms with Gasteiger partial charge in [-0.25, -0.2) is 0 Å². The molecule has 17 heavy (non-hydrogen) atoms. The number of amides is 1. The number of hydrogen-bond acceptors (Lipinski definition) is 3. The van der Waals surface area contributed by atoms with Crippen molar-refractivity contribution in [1.29, 1.82) is 0 Å². The number of hydrogen-bond donors (Lipinski definition) is 2. The molecule has 0 atom stereocenters. The maximum Gasteiger partial charge on any atom is 0.252 e. The molecule has 1 fully saturated rings. The quantitative estimate of drug-likeness (QED) is 0.758. The third kappa shape index (κ3) is 3.98. The molecule has 0 aliphatic heterocycles. The summed E-state index contributed by atoms with van der Waals surface area (Å²) in [6, 6.07) is 2.35. The normalized spacial score (nSPS) is 14.6. The van der Waals surface area contributed by atoms with E-state index in [4.69, 9.17) is 11.6 Å². The molecule has 0 spiro atoms. The number of pyridine rings is 1. The van der Waals surface area contributed by atoms with Crippen molar-refractivity contribution in [1.82, 2.24) is 15.6 Å². The van der Waals surface area contributed by atoms with Gasteiger partial charge in [-0.3, -0.25) is 9.78 Å². The van der Waals surface area contributed by atoms with E-state index >= 15 is 0 Å². The Bertz CT molecular complexity index is 393. The van der Waals surface area contributed by atoms with Gasteiger partial charge in [0.1, 0.15) is 0 Å². The van der Waals surface area contributed by atoms with Crippen molar-refractivity contribution in [3.8, 4) is 0 Å². The SMILES string of the molecule is O=C(NCCCNC1CC1)c1ccncc1Cl. The van der Waals surface area contributed by atoms with Crippen LogP contribution in [0.4, 0.5) is 0 Å². The van der Waals surface area contributed by atoms with Crippen LogP contribution in [0.1, 0.15) is 29.6 Å². The molecule has 1 aromatic heterocycles. The Labute approximate surface area is 106 Å². The second-order valence-electron chi connectivity index (χ2n) is 4.19. The van der Waals surface area contributed by atoms with Gasteiger partial charge in [0, 0.05) is 25.0 Å². The molecule has 0 radical (unpaired) electrons. The Balaban J connectivity index is 1.67. The summed E-state index contributed by atoms with van der Waals surface area (Å²) < 4.78 is 0. The van der Waals surface area contributed by atoms with Crippen molar-refractivity contribution in [3.05, 3.63) is 29.0 Å². The minimum Gasteiger partial charge on any atom is -0.352 e. The highest BCUT2D eigenvalue weighted by Crippen LogP contribution is 2.18. The first kappa shape index (κ1) is 12.3. The summed E-state index contributed by atoms with van der Waals surface area (Å²) in [6.07, 6.45) is 6.56. The van der Waals surface area contributed by atoms with Crippen LogP contribution in [0.2, 0.25) is 5.02 Å². The zero-order valence-corrected chi connectivity index (χ0v) is 10.3. The van der Waals surface area contributed by atoms with Gasteiger partial charge in [-0.15, -0.1) is 0 Å². The Hall–Kier alpha value is -1.13. The number of aromatic nitrogens is 1. The van der Waals surface area contributed by atoms with Gasteiger partial charge in [-0.2, -0.15) is 0 Å². The Kier molecular flexibility index (Phi) is 4.34. The molecule has 0 saturated heterocycles. The molecule has 2 N–H and O–H groups in total. The van der Waals surface area contributed by atoms with Crippen LogP contribution in [-0.2, 0) is 0 Å². The highest BCUT2D eigenvalue weighted by atomic mass is 35.5. The molecular weight excluding hydrogens is 238 g/mol. The maximum atomic E-state index is 11.7. The lowest BCUT2D eigenvalue weighted by molar-refractivity contribution is 0.0953. The van der Waals surface area contributed by atoms with Crippen molar-refractivity contribution >= 4 is 17.5 Å². The van der Waals surface area contributed by atoms with E-state index in [0.29, 0.717) is 17.1 Å². The number of carbonyl (C=O) groups excluding carboxylic acids is 1. The minimum atomic E-state index is -0.135. The molecule has 5 heteroatoms. The number of halogens is 1. The molecule has 1 saturated carbocycles. The molecule has 0 bridgehead atoms. The van der Waals surface area contributed by atoms with E-state index in [1.54, 1.807) is 12.3 Å².